The zero-order valence-corrected chi connectivity index (χ0v) is 17.3. The van der Waals surface area contributed by atoms with Gasteiger partial charge in [-0.05, 0) is 62.9 Å². The summed E-state index contributed by atoms with van der Waals surface area (Å²) in [6.07, 6.45) is 7.24. The molecule has 3 heterocycles. The number of rotatable bonds is 3. The second-order valence-corrected chi connectivity index (χ2v) is 8.86. The van der Waals surface area contributed by atoms with Crippen LogP contribution >= 0.6 is 0 Å². The molecule has 6 heteroatoms. The molecule has 2 atom stereocenters. The van der Waals surface area contributed by atoms with Gasteiger partial charge in [-0.3, -0.25) is 14.8 Å². The van der Waals surface area contributed by atoms with Crippen molar-refractivity contribution in [1.82, 2.24) is 19.8 Å². The zero-order chi connectivity index (χ0) is 20.4. The van der Waals surface area contributed by atoms with Crippen LogP contribution in [0.25, 0.3) is 11.0 Å². The quantitative estimate of drug-likeness (QED) is 0.803. The summed E-state index contributed by atoms with van der Waals surface area (Å²) in [6, 6.07) is 6.07. The van der Waals surface area contributed by atoms with Gasteiger partial charge in [0, 0.05) is 37.8 Å². The normalized spacial score (nSPS) is 23.8. The first kappa shape index (κ1) is 19.8. The highest BCUT2D eigenvalue weighted by Gasteiger charge is 2.31. The third kappa shape index (κ3) is 4.25. The summed E-state index contributed by atoms with van der Waals surface area (Å²) >= 11 is 0. The summed E-state index contributed by atoms with van der Waals surface area (Å²) in [5.41, 5.74) is 3.12. The van der Waals surface area contributed by atoms with E-state index in [1.165, 1.54) is 0 Å². The molecule has 2 aliphatic heterocycles. The van der Waals surface area contributed by atoms with E-state index in [9.17, 15) is 10.1 Å². The Morgan fingerprint density at radius 2 is 1.90 bits per heavy atom. The van der Waals surface area contributed by atoms with Gasteiger partial charge in [0.2, 0.25) is 5.91 Å². The van der Waals surface area contributed by atoms with E-state index in [-0.39, 0.29) is 5.92 Å². The lowest BCUT2D eigenvalue weighted by molar-refractivity contribution is -0.134. The zero-order valence-electron chi connectivity index (χ0n) is 17.3. The minimum atomic E-state index is 0.229. The molecule has 2 fully saturated rings. The third-order valence-electron chi connectivity index (χ3n) is 6.53. The first-order valence-electron chi connectivity index (χ1n) is 10.6. The lowest BCUT2D eigenvalue weighted by Crippen LogP contribution is -2.43. The summed E-state index contributed by atoms with van der Waals surface area (Å²) in [4.78, 5) is 26.4. The van der Waals surface area contributed by atoms with E-state index in [1.54, 1.807) is 12.4 Å². The standard InChI is InChI=1S/C23H29N5O/c1-16-11-19(20-4-3-18(13-24)22-23(20)26-8-7-25-22)15-28(14-16)21(29)12-17-5-9-27(2)10-6-17/h3-4,7-8,16-17,19H,5-6,9-12,14-15H2,1-2H3/t16-,19?/m0/s1. The van der Waals surface area contributed by atoms with Gasteiger partial charge in [0.15, 0.2) is 0 Å². The first-order valence-corrected chi connectivity index (χ1v) is 10.6. The number of hydrogen-bond donors (Lipinski definition) is 0. The van der Waals surface area contributed by atoms with Gasteiger partial charge < -0.3 is 9.80 Å². The topological polar surface area (TPSA) is 73.1 Å². The highest BCUT2D eigenvalue weighted by atomic mass is 16.2. The Bertz CT molecular complexity index is 929. The van der Waals surface area contributed by atoms with E-state index in [4.69, 9.17) is 0 Å². The predicted octanol–water partition coefficient (Wildman–Crippen LogP) is 3.19. The van der Waals surface area contributed by atoms with Crippen molar-refractivity contribution in [2.45, 2.75) is 38.5 Å². The molecule has 2 aromatic rings. The van der Waals surface area contributed by atoms with Crippen LogP contribution in [0.3, 0.4) is 0 Å². The average molecular weight is 392 g/mol. The summed E-state index contributed by atoms with van der Waals surface area (Å²) in [5, 5.41) is 9.39. The van der Waals surface area contributed by atoms with Crippen LogP contribution in [0.4, 0.5) is 0 Å². The Morgan fingerprint density at radius 1 is 1.17 bits per heavy atom. The average Bonchev–Trinajstić information content (AvgIpc) is 2.74. The molecule has 0 bridgehead atoms. The molecule has 6 nitrogen and oxygen atoms in total. The van der Waals surface area contributed by atoms with Crippen molar-refractivity contribution in [2.24, 2.45) is 11.8 Å². The molecular weight excluding hydrogens is 362 g/mol. The number of nitrogens with zero attached hydrogens (tertiary/aromatic N) is 5. The van der Waals surface area contributed by atoms with E-state index < -0.39 is 0 Å². The molecule has 0 aliphatic carbocycles. The van der Waals surface area contributed by atoms with Gasteiger partial charge in [-0.25, -0.2) is 0 Å². The highest BCUT2D eigenvalue weighted by molar-refractivity contribution is 5.84. The van der Waals surface area contributed by atoms with Gasteiger partial charge >= 0.3 is 0 Å². The van der Waals surface area contributed by atoms with Crippen molar-refractivity contribution >= 4 is 16.9 Å². The molecule has 0 saturated carbocycles. The Balaban J connectivity index is 1.53. The molecule has 0 N–H and O–H groups in total. The van der Waals surface area contributed by atoms with Crippen molar-refractivity contribution in [3.05, 3.63) is 35.7 Å². The number of benzene rings is 1. The Labute approximate surface area is 172 Å². The molecule has 0 radical (unpaired) electrons. The SMILES string of the molecule is C[C@H]1CC(c2ccc(C#N)c3nccnc23)CN(C(=O)CC2CCN(C)CC2)C1. The van der Waals surface area contributed by atoms with Gasteiger partial charge in [0.25, 0.3) is 0 Å². The fourth-order valence-electron chi connectivity index (χ4n) is 4.92. The Morgan fingerprint density at radius 3 is 2.62 bits per heavy atom. The predicted molar refractivity (Wildman–Crippen MR) is 112 cm³/mol. The fourth-order valence-corrected chi connectivity index (χ4v) is 4.92. The van der Waals surface area contributed by atoms with E-state index in [0.29, 0.717) is 35.2 Å². The molecule has 1 aromatic carbocycles. The number of carbonyl (C=O) groups excluding carboxylic acids is 1. The minimum Gasteiger partial charge on any atom is -0.342 e. The molecule has 2 saturated heterocycles. The molecular formula is C23H29N5O. The van der Waals surface area contributed by atoms with Gasteiger partial charge in [0.05, 0.1) is 11.1 Å². The van der Waals surface area contributed by atoms with Gasteiger partial charge in [-0.2, -0.15) is 5.26 Å². The number of likely N-dealkylation sites (tertiary alicyclic amines) is 2. The highest BCUT2D eigenvalue weighted by Crippen LogP contribution is 2.34. The molecule has 29 heavy (non-hydrogen) atoms. The summed E-state index contributed by atoms with van der Waals surface area (Å²) in [5.74, 6) is 1.47. The number of fused-ring (bicyclic) bond motifs is 1. The van der Waals surface area contributed by atoms with Crippen LogP contribution in [0.15, 0.2) is 24.5 Å². The van der Waals surface area contributed by atoms with Crippen molar-refractivity contribution in [2.75, 3.05) is 33.2 Å². The van der Waals surface area contributed by atoms with Crippen molar-refractivity contribution in [1.29, 1.82) is 5.26 Å². The molecule has 1 aromatic heterocycles. The van der Waals surface area contributed by atoms with E-state index in [1.807, 2.05) is 12.1 Å². The number of amides is 1. The molecule has 1 amide bonds. The first-order chi connectivity index (χ1) is 14.0. The van der Waals surface area contributed by atoms with Crippen molar-refractivity contribution in [3.8, 4) is 6.07 Å². The van der Waals surface area contributed by atoms with Crippen LogP contribution in [0.2, 0.25) is 0 Å². The number of aromatic nitrogens is 2. The summed E-state index contributed by atoms with van der Waals surface area (Å²) in [6.45, 7) is 5.97. The maximum Gasteiger partial charge on any atom is 0.222 e. The van der Waals surface area contributed by atoms with Gasteiger partial charge in [-0.15, -0.1) is 0 Å². The van der Waals surface area contributed by atoms with E-state index in [2.05, 4.69) is 39.8 Å². The van der Waals surface area contributed by atoms with Crippen LogP contribution in [0.1, 0.15) is 49.7 Å². The number of carbonyl (C=O) groups is 1. The maximum absolute atomic E-state index is 13.1. The maximum atomic E-state index is 13.1. The van der Waals surface area contributed by atoms with Crippen LogP contribution in [0.5, 0.6) is 0 Å². The fraction of sp³-hybridized carbons (Fsp3) is 0.565. The molecule has 152 valence electrons. The monoisotopic (exact) mass is 391 g/mol. The number of hydrogen-bond acceptors (Lipinski definition) is 5. The van der Waals surface area contributed by atoms with E-state index >= 15 is 0 Å². The third-order valence-corrected chi connectivity index (χ3v) is 6.53. The van der Waals surface area contributed by atoms with Crippen LogP contribution in [-0.2, 0) is 4.79 Å². The van der Waals surface area contributed by atoms with Crippen molar-refractivity contribution < 1.29 is 4.79 Å². The summed E-state index contributed by atoms with van der Waals surface area (Å²) in [7, 11) is 2.15. The van der Waals surface area contributed by atoms with Crippen LogP contribution in [0, 0.1) is 23.2 Å². The number of nitriles is 1. The van der Waals surface area contributed by atoms with Crippen LogP contribution < -0.4 is 0 Å². The molecule has 1 unspecified atom stereocenters. The van der Waals surface area contributed by atoms with Crippen LogP contribution in [-0.4, -0.2) is 58.9 Å². The second-order valence-electron chi connectivity index (χ2n) is 8.86. The largest absolute Gasteiger partial charge is 0.342 e. The molecule has 4 rings (SSSR count). The summed E-state index contributed by atoms with van der Waals surface area (Å²) < 4.78 is 0. The van der Waals surface area contributed by atoms with Crippen molar-refractivity contribution in [3.63, 3.8) is 0 Å². The Kier molecular flexibility index (Phi) is 5.77. The lowest BCUT2D eigenvalue weighted by Gasteiger charge is -2.38. The van der Waals surface area contributed by atoms with E-state index in [0.717, 1.165) is 56.5 Å². The van der Waals surface area contributed by atoms with Gasteiger partial charge in [0.1, 0.15) is 11.6 Å². The van der Waals surface area contributed by atoms with Gasteiger partial charge in [-0.1, -0.05) is 13.0 Å². The lowest BCUT2D eigenvalue weighted by atomic mass is 9.83. The number of piperidine rings is 2. The molecule has 2 aliphatic rings. The Hall–Kier alpha value is -2.52. The second kappa shape index (κ2) is 8.46. The smallest absolute Gasteiger partial charge is 0.222 e. The minimum absolute atomic E-state index is 0.229. The molecule has 0 spiro atoms.